The summed E-state index contributed by atoms with van der Waals surface area (Å²) in [5, 5.41) is 0. The van der Waals surface area contributed by atoms with Gasteiger partial charge in [-0.15, -0.1) is 0 Å². The van der Waals surface area contributed by atoms with Gasteiger partial charge >= 0.3 is 0 Å². The van der Waals surface area contributed by atoms with Crippen molar-refractivity contribution in [1.82, 2.24) is 10.3 Å². The zero-order valence-corrected chi connectivity index (χ0v) is 11.7. The topological polar surface area (TPSA) is 62.9 Å². The van der Waals surface area contributed by atoms with E-state index in [1.54, 1.807) is 0 Å². The van der Waals surface area contributed by atoms with Crippen LogP contribution in [-0.4, -0.2) is 44.2 Å². The van der Waals surface area contributed by atoms with E-state index in [0.717, 1.165) is 45.1 Å². The fourth-order valence-corrected chi connectivity index (χ4v) is 1.46. The molecule has 0 aromatic rings. The lowest BCUT2D eigenvalue weighted by Crippen LogP contribution is -2.44. The Hall–Kier alpha value is -0.810. The summed E-state index contributed by atoms with van der Waals surface area (Å²) < 4.78 is 5.26. The van der Waals surface area contributed by atoms with E-state index in [2.05, 4.69) is 29.2 Å². The molecule has 0 amide bonds. The molecule has 0 fully saturated rings. The largest absolute Gasteiger partial charge is 0.382 e. The minimum absolute atomic E-state index is 0.641. The smallest absolute Gasteiger partial charge is 0.208 e. The highest BCUT2D eigenvalue weighted by Crippen LogP contribution is 2.02. The van der Waals surface area contributed by atoms with E-state index in [4.69, 9.17) is 10.6 Å². The molecule has 0 aromatic carbocycles. The third-order valence-electron chi connectivity index (χ3n) is 2.69. The second-order valence-corrected chi connectivity index (χ2v) is 4.29. The van der Waals surface area contributed by atoms with Crippen molar-refractivity contribution in [2.45, 2.75) is 33.6 Å². The molecule has 0 heterocycles. The van der Waals surface area contributed by atoms with Gasteiger partial charge in [0.15, 0.2) is 0 Å². The summed E-state index contributed by atoms with van der Waals surface area (Å²) in [4.78, 5) is 6.49. The lowest BCUT2D eigenvalue weighted by Gasteiger charge is -2.23. The van der Waals surface area contributed by atoms with Crippen LogP contribution < -0.4 is 11.3 Å². The van der Waals surface area contributed by atoms with Crippen LogP contribution in [0.5, 0.6) is 0 Å². The Bertz CT molecular complexity index is 209. The highest BCUT2D eigenvalue weighted by Gasteiger charge is 2.07. The second-order valence-electron chi connectivity index (χ2n) is 4.29. The number of nitrogens with zero attached hydrogens (tertiary/aromatic N) is 2. The summed E-state index contributed by atoms with van der Waals surface area (Å²) in [5.74, 6) is 6.87. The van der Waals surface area contributed by atoms with Crippen molar-refractivity contribution < 1.29 is 4.74 Å². The third kappa shape index (κ3) is 7.99. The Morgan fingerprint density at radius 2 is 2.18 bits per heavy atom. The highest BCUT2D eigenvalue weighted by molar-refractivity contribution is 5.79. The minimum Gasteiger partial charge on any atom is -0.382 e. The number of rotatable bonds is 8. The number of nitrogens with two attached hydrogens (primary N) is 1. The quantitative estimate of drug-likeness (QED) is 0.221. The van der Waals surface area contributed by atoms with E-state index in [1.165, 1.54) is 0 Å². The van der Waals surface area contributed by atoms with Crippen LogP contribution in [0.25, 0.3) is 0 Å². The highest BCUT2D eigenvalue weighted by atomic mass is 16.5. The molecule has 5 heteroatoms. The van der Waals surface area contributed by atoms with Crippen molar-refractivity contribution in [3.8, 4) is 0 Å². The summed E-state index contributed by atoms with van der Waals surface area (Å²) in [7, 11) is 2.01. The fraction of sp³-hybridized carbons (Fsp3) is 0.917. The van der Waals surface area contributed by atoms with Gasteiger partial charge in [0.2, 0.25) is 5.96 Å². The number of aliphatic imine (C=N–C) groups is 1. The van der Waals surface area contributed by atoms with Gasteiger partial charge < -0.3 is 9.64 Å². The Balaban J connectivity index is 3.97. The van der Waals surface area contributed by atoms with Crippen LogP contribution >= 0.6 is 0 Å². The van der Waals surface area contributed by atoms with Gasteiger partial charge in [-0.25, -0.2) is 5.84 Å². The standard InChI is InChI=1S/C12H28N4O/c1-5-11(3)10-16(4)12(15-13)14-8-7-9-17-6-2/h11H,5-10,13H2,1-4H3,(H,14,15). The molecule has 0 rings (SSSR count). The summed E-state index contributed by atoms with van der Waals surface area (Å²) in [6, 6.07) is 0. The van der Waals surface area contributed by atoms with Gasteiger partial charge in [-0.05, 0) is 19.3 Å². The van der Waals surface area contributed by atoms with Gasteiger partial charge in [0, 0.05) is 33.4 Å². The van der Waals surface area contributed by atoms with E-state index in [9.17, 15) is 0 Å². The van der Waals surface area contributed by atoms with Crippen molar-refractivity contribution >= 4 is 5.96 Å². The molecule has 0 saturated heterocycles. The molecule has 3 N–H and O–H groups in total. The molecule has 0 aliphatic rings. The Labute approximate surface area is 105 Å². The van der Waals surface area contributed by atoms with E-state index in [0.29, 0.717) is 5.92 Å². The average molecular weight is 244 g/mol. The molecule has 0 aromatic heterocycles. The zero-order valence-electron chi connectivity index (χ0n) is 11.7. The van der Waals surface area contributed by atoms with E-state index >= 15 is 0 Å². The number of hydrogen-bond donors (Lipinski definition) is 2. The Morgan fingerprint density at radius 1 is 1.47 bits per heavy atom. The van der Waals surface area contributed by atoms with Gasteiger partial charge in [-0.1, -0.05) is 20.3 Å². The first kappa shape index (κ1) is 16.2. The maximum atomic E-state index is 5.48. The molecule has 0 saturated carbocycles. The SMILES string of the molecule is CCOCCCN=C(NN)N(C)CC(C)CC. The van der Waals surface area contributed by atoms with Crippen LogP contribution in [0.1, 0.15) is 33.6 Å². The molecule has 0 radical (unpaired) electrons. The first-order valence-electron chi connectivity index (χ1n) is 6.45. The van der Waals surface area contributed by atoms with Crippen molar-refractivity contribution in [2.24, 2.45) is 16.8 Å². The van der Waals surface area contributed by atoms with Gasteiger partial charge in [0.25, 0.3) is 0 Å². The zero-order chi connectivity index (χ0) is 13.1. The number of hydrogen-bond acceptors (Lipinski definition) is 3. The number of hydrazine groups is 1. The molecule has 102 valence electrons. The van der Waals surface area contributed by atoms with E-state index in [-0.39, 0.29) is 0 Å². The van der Waals surface area contributed by atoms with Crippen LogP contribution in [0, 0.1) is 5.92 Å². The Morgan fingerprint density at radius 3 is 2.71 bits per heavy atom. The van der Waals surface area contributed by atoms with Gasteiger partial charge in [-0.2, -0.15) is 0 Å². The molecular formula is C12H28N4O. The third-order valence-corrected chi connectivity index (χ3v) is 2.69. The fourth-order valence-electron chi connectivity index (χ4n) is 1.46. The molecule has 5 nitrogen and oxygen atoms in total. The maximum absolute atomic E-state index is 5.48. The van der Waals surface area contributed by atoms with Crippen LogP contribution in [0.15, 0.2) is 4.99 Å². The van der Waals surface area contributed by atoms with E-state index < -0.39 is 0 Å². The number of ether oxygens (including phenoxy) is 1. The monoisotopic (exact) mass is 244 g/mol. The first-order valence-corrected chi connectivity index (χ1v) is 6.45. The molecule has 1 atom stereocenters. The number of guanidine groups is 1. The van der Waals surface area contributed by atoms with E-state index in [1.807, 2.05) is 14.0 Å². The van der Waals surface area contributed by atoms with Crippen LogP contribution in [-0.2, 0) is 4.74 Å². The van der Waals surface area contributed by atoms with Crippen molar-refractivity contribution in [2.75, 3.05) is 33.4 Å². The van der Waals surface area contributed by atoms with Gasteiger partial charge in [0.1, 0.15) is 0 Å². The van der Waals surface area contributed by atoms with Crippen LogP contribution in [0.3, 0.4) is 0 Å². The predicted molar refractivity (Wildman–Crippen MR) is 72.8 cm³/mol. The minimum atomic E-state index is 0.641. The molecule has 17 heavy (non-hydrogen) atoms. The first-order chi connectivity index (χ1) is 8.15. The molecule has 0 aliphatic heterocycles. The summed E-state index contributed by atoms with van der Waals surface area (Å²) in [6.45, 7) is 9.63. The summed E-state index contributed by atoms with van der Waals surface area (Å²) in [6.07, 6.45) is 2.09. The number of nitrogens with one attached hydrogen (secondary N) is 1. The lowest BCUT2D eigenvalue weighted by atomic mass is 10.1. The van der Waals surface area contributed by atoms with Crippen molar-refractivity contribution in [3.63, 3.8) is 0 Å². The predicted octanol–water partition coefficient (Wildman–Crippen LogP) is 1.21. The molecular weight excluding hydrogens is 216 g/mol. The molecule has 1 unspecified atom stereocenters. The molecule has 0 spiro atoms. The average Bonchev–Trinajstić information content (AvgIpc) is 2.33. The van der Waals surface area contributed by atoms with Crippen molar-refractivity contribution in [1.29, 1.82) is 0 Å². The van der Waals surface area contributed by atoms with Crippen molar-refractivity contribution in [3.05, 3.63) is 0 Å². The van der Waals surface area contributed by atoms with Gasteiger partial charge in [-0.3, -0.25) is 10.4 Å². The summed E-state index contributed by atoms with van der Waals surface area (Å²) in [5.41, 5.74) is 2.66. The lowest BCUT2D eigenvalue weighted by molar-refractivity contribution is 0.146. The molecule has 0 bridgehead atoms. The van der Waals surface area contributed by atoms with Gasteiger partial charge in [0.05, 0.1) is 0 Å². The maximum Gasteiger partial charge on any atom is 0.208 e. The Kier molecular flexibility index (Phi) is 9.86. The van der Waals surface area contributed by atoms with Crippen LogP contribution in [0.4, 0.5) is 0 Å². The normalized spacial score (nSPS) is 13.6. The second kappa shape index (κ2) is 10.4. The summed E-state index contributed by atoms with van der Waals surface area (Å²) >= 11 is 0. The van der Waals surface area contributed by atoms with Crippen LogP contribution in [0.2, 0.25) is 0 Å². The molecule has 0 aliphatic carbocycles.